The van der Waals surface area contributed by atoms with Gasteiger partial charge >= 0.3 is 0 Å². The Morgan fingerprint density at radius 1 is 1.06 bits per heavy atom. The summed E-state index contributed by atoms with van der Waals surface area (Å²) < 4.78 is 13.3. The maximum atomic E-state index is 6.00. The first kappa shape index (κ1) is 25.5. The van der Waals surface area contributed by atoms with Crippen LogP contribution in [0.15, 0.2) is 59.6 Å². The van der Waals surface area contributed by atoms with Gasteiger partial charge < -0.3 is 20.1 Å². The summed E-state index contributed by atoms with van der Waals surface area (Å²) in [5, 5.41) is 11.3. The van der Waals surface area contributed by atoms with E-state index in [1.165, 1.54) is 0 Å². The molecular formula is C24H32IN5O2. The fourth-order valence-electron chi connectivity index (χ4n) is 3.35. The number of para-hydroxylation sites is 3. The monoisotopic (exact) mass is 549 g/mol. The molecule has 32 heavy (non-hydrogen) atoms. The van der Waals surface area contributed by atoms with Crippen molar-refractivity contribution in [1.82, 2.24) is 20.4 Å². The lowest BCUT2D eigenvalue weighted by Crippen LogP contribution is -2.41. The molecule has 0 saturated heterocycles. The molecule has 0 fully saturated rings. The normalized spacial score (nSPS) is 12.0. The van der Waals surface area contributed by atoms with E-state index in [1.54, 1.807) is 14.2 Å². The smallest absolute Gasteiger partial charge is 0.191 e. The first-order valence-electron chi connectivity index (χ1n) is 10.4. The zero-order valence-corrected chi connectivity index (χ0v) is 21.6. The highest BCUT2D eigenvalue weighted by Gasteiger charge is 2.11. The lowest BCUT2D eigenvalue weighted by molar-refractivity contribution is 0.213. The third-order valence-corrected chi connectivity index (χ3v) is 4.85. The van der Waals surface area contributed by atoms with Gasteiger partial charge in [0.1, 0.15) is 6.10 Å². The predicted molar refractivity (Wildman–Crippen MR) is 140 cm³/mol. The van der Waals surface area contributed by atoms with E-state index in [1.807, 2.05) is 54.9 Å². The minimum Gasteiger partial charge on any atom is -0.493 e. The van der Waals surface area contributed by atoms with Gasteiger partial charge in [-0.2, -0.15) is 5.10 Å². The van der Waals surface area contributed by atoms with Crippen molar-refractivity contribution in [2.24, 2.45) is 4.99 Å². The van der Waals surface area contributed by atoms with Crippen LogP contribution in [-0.2, 0) is 6.54 Å². The number of benzene rings is 2. The number of guanidine groups is 1. The van der Waals surface area contributed by atoms with Gasteiger partial charge in [-0.3, -0.25) is 4.99 Å². The third-order valence-electron chi connectivity index (χ3n) is 4.85. The van der Waals surface area contributed by atoms with Gasteiger partial charge in [-0.05, 0) is 50.6 Å². The third kappa shape index (κ3) is 6.62. The second-order valence-electron chi connectivity index (χ2n) is 7.35. The molecule has 0 amide bonds. The van der Waals surface area contributed by atoms with E-state index in [0.717, 1.165) is 34.1 Å². The Balaban J connectivity index is 0.00000363. The number of halogens is 1. The van der Waals surface area contributed by atoms with Gasteiger partial charge in [0.15, 0.2) is 17.5 Å². The summed E-state index contributed by atoms with van der Waals surface area (Å²) in [6.45, 7) is 7.29. The van der Waals surface area contributed by atoms with Crippen molar-refractivity contribution in [3.8, 4) is 17.2 Å². The maximum absolute atomic E-state index is 6.00. The van der Waals surface area contributed by atoms with Crippen LogP contribution >= 0.6 is 24.0 Å². The summed E-state index contributed by atoms with van der Waals surface area (Å²) in [4.78, 5) is 4.33. The first-order chi connectivity index (χ1) is 15.0. The highest BCUT2D eigenvalue weighted by Crippen LogP contribution is 2.26. The van der Waals surface area contributed by atoms with Crippen LogP contribution in [0.1, 0.15) is 23.9 Å². The summed E-state index contributed by atoms with van der Waals surface area (Å²) in [6.07, 6.45) is -0.0724. The van der Waals surface area contributed by atoms with Gasteiger partial charge in [0.2, 0.25) is 0 Å². The van der Waals surface area contributed by atoms with Gasteiger partial charge in [0.05, 0.1) is 25.0 Å². The number of aliphatic imine (C=N–C) groups is 1. The van der Waals surface area contributed by atoms with Crippen molar-refractivity contribution >= 4 is 29.9 Å². The van der Waals surface area contributed by atoms with E-state index >= 15 is 0 Å². The van der Waals surface area contributed by atoms with Gasteiger partial charge in [-0.15, -0.1) is 24.0 Å². The average Bonchev–Trinajstić information content (AvgIpc) is 3.12. The Labute approximate surface area is 207 Å². The molecule has 1 unspecified atom stereocenters. The molecule has 0 spiro atoms. The number of hydrogen-bond acceptors (Lipinski definition) is 4. The molecule has 1 heterocycles. The molecule has 2 aromatic carbocycles. The van der Waals surface area contributed by atoms with Crippen LogP contribution in [0.5, 0.6) is 11.5 Å². The number of aryl methyl sites for hydroxylation is 2. The average molecular weight is 549 g/mol. The number of ether oxygens (including phenoxy) is 2. The Morgan fingerprint density at radius 3 is 2.41 bits per heavy atom. The van der Waals surface area contributed by atoms with Crippen LogP contribution in [-0.4, -0.2) is 42.5 Å². The number of rotatable bonds is 8. The van der Waals surface area contributed by atoms with Crippen molar-refractivity contribution in [1.29, 1.82) is 0 Å². The largest absolute Gasteiger partial charge is 0.493 e. The topological polar surface area (TPSA) is 72.7 Å². The van der Waals surface area contributed by atoms with Gasteiger partial charge in [0, 0.05) is 19.3 Å². The first-order valence-corrected chi connectivity index (χ1v) is 10.4. The van der Waals surface area contributed by atoms with E-state index in [0.29, 0.717) is 19.0 Å². The minimum atomic E-state index is -0.0724. The zero-order valence-electron chi connectivity index (χ0n) is 19.3. The van der Waals surface area contributed by atoms with E-state index in [2.05, 4.69) is 45.8 Å². The number of aromatic nitrogens is 2. The molecule has 7 nitrogen and oxygen atoms in total. The highest BCUT2D eigenvalue weighted by molar-refractivity contribution is 14.0. The summed E-state index contributed by atoms with van der Waals surface area (Å²) in [6, 6.07) is 17.9. The molecule has 3 rings (SSSR count). The molecule has 1 atom stereocenters. The van der Waals surface area contributed by atoms with Crippen LogP contribution in [0.2, 0.25) is 0 Å². The molecule has 2 N–H and O–H groups in total. The summed E-state index contributed by atoms with van der Waals surface area (Å²) in [5.74, 6) is 2.15. The quantitative estimate of drug-likeness (QED) is 0.250. The predicted octanol–water partition coefficient (Wildman–Crippen LogP) is 4.25. The SMILES string of the molecule is CN=C(NCc1ccccc1-n1nc(C)cc1C)NCC(C)Oc1ccccc1OC.I. The summed E-state index contributed by atoms with van der Waals surface area (Å²) in [5.41, 5.74) is 4.30. The van der Waals surface area contributed by atoms with Gasteiger partial charge in [-0.1, -0.05) is 30.3 Å². The highest BCUT2D eigenvalue weighted by atomic mass is 127. The fraction of sp³-hybridized carbons (Fsp3) is 0.333. The molecule has 0 aliphatic carbocycles. The molecule has 0 saturated carbocycles. The second kappa shape index (κ2) is 12.3. The van der Waals surface area contributed by atoms with E-state index in [-0.39, 0.29) is 30.1 Å². The summed E-state index contributed by atoms with van der Waals surface area (Å²) in [7, 11) is 3.40. The van der Waals surface area contributed by atoms with Crippen LogP contribution in [0.4, 0.5) is 0 Å². The van der Waals surface area contributed by atoms with Crippen LogP contribution in [0.3, 0.4) is 0 Å². The summed E-state index contributed by atoms with van der Waals surface area (Å²) >= 11 is 0. The lowest BCUT2D eigenvalue weighted by atomic mass is 10.1. The van der Waals surface area contributed by atoms with Crippen molar-refractivity contribution in [3.63, 3.8) is 0 Å². The molecule has 0 aliphatic heterocycles. The Hall–Kier alpha value is -2.75. The van der Waals surface area contributed by atoms with E-state index < -0.39 is 0 Å². The molecule has 172 valence electrons. The molecule has 1 aromatic heterocycles. The Bertz CT molecular complexity index is 1030. The number of nitrogens with one attached hydrogen (secondary N) is 2. The molecule has 8 heteroatoms. The van der Waals surface area contributed by atoms with Crippen LogP contribution in [0.25, 0.3) is 5.69 Å². The van der Waals surface area contributed by atoms with Gasteiger partial charge in [-0.25, -0.2) is 4.68 Å². The van der Waals surface area contributed by atoms with Crippen LogP contribution in [0, 0.1) is 13.8 Å². The van der Waals surface area contributed by atoms with Crippen molar-refractivity contribution in [2.75, 3.05) is 20.7 Å². The van der Waals surface area contributed by atoms with Crippen molar-refractivity contribution < 1.29 is 9.47 Å². The van der Waals surface area contributed by atoms with E-state index in [4.69, 9.17) is 9.47 Å². The number of hydrogen-bond donors (Lipinski definition) is 2. The second-order valence-corrected chi connectivity index (χ2v) is 7.35. The standard InChI is InChI=1S/C24H31N5O2.HI/c1-17-14-18(2)29(28-17)21-11-7-6-10-20(21)16-27-24(25-4)26-15-19(3)31-23-13-9-8-12-22(23)30-5;/h6-14,19H,15-16H2,1-5H3,(H2,25,26,27);1H. The Morgan fingerprint density at radius 2 is 1.75 bits per heavy atom. The maximum Gasteiger partial charge on any atom is 0.191 e. The van der Waals surface area contributed by atoms with Crippen molar-refractivity contribution in [3.05, 3.63) is 71.5 Å². The molecule has 0 bridgehead atoms. The molecule has 3 aromatic rings. The lowest BCUT2D eigenvalue weighted by Gasteiger charge is -2.19. The molecule has 0 aliphatic rings. The fourth-order valence-corrected chi connectivity index (χ4v) is 3.35. The number of nitrogens with zero attached hydrogens (tertiary/aromatic N) is 3. The van der Waals surface area contributed by atoms with E-state index in [9.17, 15) is 0 Å². The number of methoxy groups -OCH3 is 1. The van der Waals surface area contributed by atoms with Crippen molar-refractivity contribution in [2.45, 2.75) is 33.4 Å². The molecular weight excluding hydrogens is 517 g/mol. The molecule has 0 radical (unpaired) electrons. The van der Waals surface area contributed by atoms with Crippen LogP contribution < -0.4 is 20.1 Å². The zero-order chi connectivity index (χ0) is 22.2. The Kier molecular flexibility index (Phi) is 9.83. The van der Waals surface area contributed by atoms with Gasteiger partial charge in [0.25, 0.3) is 0 Å². The minimum absolute atomic E-state index is 0.